The van der Waals surface area contributed by atoms with Gasteiger partial charge in [0.1, 0.15) is 5.69 Å². The van der Waals surface area contributed by atoms with E-state index in [9.17, 15) is 0 Å². The summed E-state index contributed by atoms with van der Waals surface area (Å²) in [6.45, 7) is 0. The molecule has 4 heteroatoms. The van der Waals surface area contributed by atoms with Crippen LogP contribution in [0.3, 0.4) is 0 Å². The van der Waals surface area contributed by atoms with Crippen LogP contribution in [0.5, 0.6) is 0 Å². The normalized spacial score (nSPS) is 8.81. The summed E-state index contributed by atoms with van der Waals surface area (Å²) in [5, 5.41) is 0. The Bertz CT molecular complexity index is 380. The van der Waals surface area contributed by atoms with Gasteiger partial charge in [0.25, 0.3) is 0 Å². The summed E-state index contributed by atoms with van der Waals surface area (Å²) >= 11 is 0. The smallest absolute Gasteiger partial charge is 0.127 e. The molecule has 0 aliphatic carbocycles. The molecule has 5 N–H and O–H groups in total. The Morgan fingerprint density at radius 2 is 1.06 bits per heavy atom. The van der Waals surface area contributed by atoms with Crippen LogP contribution in [-0.4, -0.2) is 0 Å². The van der Waals surface area contributed by atoms with Crippen LogP contribution in [0.15, 0.2) is 48.5 Å². The fraction of sp³-hybridized carbons (Fsp3) is 0. The molecule has 0 saturated heterocycles. The highest BCUT2D eigenvalue weighted by Crippen LogP contribution is 2.20. The fourth-order valence-corrected chi connectivity index (χ4v) is 1.37. The quantitative estimate of drug-likeness (QED) is 0.759. The molecule has 0 saturated carbocycles. The zero-order valence-electron chi connectivity index (χ0n) is 8.72. The van der Waals surface area contributed by atoms with E-state index in [1.54, 1.807) is 0 Å². The standard InChI is InChI=1S/C12H12N2.2ClH/c13-11-5-1-9(2-6-11)10-3-7-12(14)8-4-10;;/h1-8H,13-14H2;2*1H/p+1. The largest absolute Gasteiger partial charge is 0.399 e. The Balaban J connectivity index is 0.00000112. The van der Waals surface area contributed by atoms with E-state index in [-0.39, 0.29) is 24.8 Å². The van der Waals surface area contributed by atoms with Gasteiger partial charge in [-0.15, -0.1) is 24.8 Å². The summed E-state index contributed by atoms with van der Waals surface area (Å²) in [5.74, 6) is 0. The summed E-state index contributed by atoms with van der Waals surface area (Å²) in [4.78, 5) is 0. The van der Waals surface area contributed by atoms with E-state index in [1.807, 2.05) is 36.4 Å². The molecule has 0 spiro atoms. The predicted octanol–water partition coefficient (Wildman–Crippen LogP) is 2.65. The first-order valence-electron chi connectivity index (χ1n) is 4.53. The summed E-state index contributed by atoms with van der Waals surface area (Å²) in [6.07, 6.45) is 0. The minimum Gasteiger partial charge on any atom is -0.399 e. The lowest BCUT2D eigenvalue weighted by atomic mass is 10.1. The first-order valence-corrected chi connectivity index (χ1v) is 4.53. The van der Waals surface area contributed by atoms with Crippen molar-refractivity contribution in [1.82, 2.24) is 0 Å². The Hall–Kier alpha value is -1.22. The molecule has 0 unspecified atom stereocenters. The number of anilines is 1. The van der Waals surface area contributed by atoms with Gasteiger partial charge in [-0.3, -0.25) is 0 Å². The average molecular weight is 258 g/mol. The fourth-order valence-electron chi connectivity index (χ4n) is 1.37. The molecule has 0 amide bonds. The van der Waals surface area contributed by atoms with Gasteiger partial charge < -0.3 is 11.5 Å². The van der Waals surface area contributed by atoms with Crippen molar-refractivity contribution in [3.63, 3.8) is 0 Å². The van der Waals surface area contributed by atoms with Crippen molar-refractivity contribution < 1.29 is 5.73 Å². The number of benzene rings is 2. The highest BCUT2D eigenvalue weighted by atomic mass is 35.5. The van der Waals surface area contributed by atoms with Crippen LogP contribution in [0.1, 0.15) is 0 Å². The van der Waals surface area contributed by atoms with Crippen LogP contribution in [0, 0.1) is 0 Å². The maximum absolute atomic E-state index is 5.62. The Kier molecular flexibility index (Phi) is 5.89. The van der Waals surface area contributed by atoms with Gasteiger partial charge in [-0.2, -0.15) is 0 Å². The van der Waals surface area contributed by atoms with E-state index < -0.39 is 0 Å². The number of halogens is 2. The second kappa shape index (κ2) is 6.38. The van der Waals surface area contributed by atoms with Crippen LogP contribution in [0.2, 0.25) is 0 Å². The van der Waals surface area contributed by atoms with Crippen molar-refractivity contribution in [2.45, 2.75) is 0 Å². The summed E-state index contributed by atoms with van der Waals surface area (Å²) in [5.41, 5.74) is 13.7. The predicted molar refractivity (Wildman–Crippen MR) is 73.3 cm³/mol. The molecule has 0 aliphatic rings. The first-order chi connectivity index (χ1) is 6.75. The third kappa shape index (κ3) is 3.42. The van der Waals surface area contributed by atoms with Crippen LogP contribution in [0.4, 0.5) is 11.4 Å². The van der Waals surface area contributed by atoms with Crippen LogP contribution >= 0.6 is 24.8 Å². The minimum absolute atomic E-state index is 0. The van der Waals surface area contributed by atoms with Crippen molar-refractivity contribution in [1.29, 1.82) is 0 Å². The zero-order chi connectivity index (χ0) is 9.97. The van der Waals surface area contributed by atoms with E-state index in [2.05, 4.69) is 17.9 Å². The summed E-state index contributed by atoms with van der Waals surface area (Å²) < 4.78 is 0. The molecule has 0 aliphatic heterocycles. The number of nitrogen functional groups attached to an aromatic ring is 1. The number of quaternary nitrogens is 1. The first kappa shape index (κ1) is 14.8. The third-order valence-corrected chi connectivity index (χ3v) is 2.20. The second-order valence-electron chi connectivity index (χ2n) is 3.32. The Labute approximate surface area is 107 Å². The maximum atomic E-state index is 5.62. The number of hydrogen-bond donors (Lipinski definition) is 2. The SMILES string of the molecule is Cl.Cl.Nc1ccc(-c2ccc([NH3+])cc2)cc1. The number of rotatable bonds is 1. The molecular formula is C12H15Cl2N2+. The van der Waals surface area contributed by atoms with Gasteiger partial charge in [0, 0.05) is 5.69 Å². The molecule has 86 valence electrons. The summed E-state index contributed by atoms with van der Waals surface area (Å²) in [6, 6.07) is 16.0. The molecule has 0 bridgehead atoms. The molecule has 0 radical (unpaired) electrons. The van der Waals surface area contributed by atoms with E-state index >= 15 is 0 Å². The van der Waals surface area contributed by atoms with Crippen molar-refractivity contribution in [3.05, 3.63) is 48.5 Å². The molecular weight excluding hydrogens is 243 g/mol. The average Bonchev–Trinajstić information content (AvgIpc) is 2.21. The lowest BCUT2D eigenvalue weighted by Gasteiger charge is -2.01. The van der Waals surface area contributed by atoms with E-state index in [0.29, 0.717) is 0 Å². The Morgan fingerprint density at radius 3 is 1.50 bits per heavy atom. The molecule has 0 atom stereocenters. The maximum Gasteiger partial charge on any atom is 0.127 e. The van der Waals surface area contributed by atoms with Gasteiger partial charge in [-0.25, -0.2) is 0 Å². The van der Waals surface area contributed by atoms with Crippen LogP contribution in [0.25, 0.3) is 11.1 Å². The minimum atomic E-state index is 0. The second-order valence-corrected chi connectivity index (χ2v) is 3.32. The lowest BCUT2D eigenvalue weighted by Crippen LogP contribution is -2.39. The number of hydrogen-bond acceptors (Lipinski definition) is 1. The molecule has 16 heavy (non-hydrogen) atoms. The van der Waals surface area contributed by atoms with Crippen LogP contribution in [-0.2, 0) is 0 Å². The van der Waals surface area contributed by atoms with Gasteiger partial charge >= 0.3 is 0 Å². The van der Waals surface area contributed by atoms with Crippen molar-refractivity contribution >= 4 is 36.2 Å². The molecule has 2 rings (SSSR count). The molecule has 2 aromatic rings. The van der Waals surface area contributed by atoms with Crippen LogP contribution < -0.4 is 11.5 Å². The monoisotopic (exact) mass is 257 g/mol. The molecule has 0 heterocycles. The van der Waals surface area contributed by atoms with E-state index in [1.165, 1.54) is 11.1 Å². The van der Waals surface area contributed by atoms with Crippen molar-refractivity contribution in [3.8, 4) is 11.1 Å². The van der Waals surface area contributed by atoms with E-state index in [4.69, 9.17) is 5.73 Å². The van der Waals surface area contributed by atoms with Gasteiger partial charge in [0.05, 0.1) is 0 Å². The van der Waals surface area contributed by atoms with Crippen molar-refractivity contribution in [2.75, 3.05) is 5.73 Å². The highest BCUT2D eigenvalue weighted by Gasteiger charge is 1.96. The number of nitrogens with two attached hydrogens (primary N) is 1. The van der Waals surface area contributed by atoms with E-state index in [0.717, 1.165) is 11.4 Å². The zero-order valence-corrected chi connectivity index (χ0v) is 10.4. The third-order valence-electron chi connectivity index (χ3n) is 2.20. The highest BCUT2D eigenvalue weighted by molar-refractivity contribution is 5.85. The van der Waals surface area contributed by atoms with Crippen molar-refractivity contribution in [2.24, 2.45) is 0 Å². The summed E-state index contributed by atoms with van der Waals surface area (Å²) in [7, 11) is 0. The molecule has 2 aromatic carbocycles. The van der Waals surface area contributed by atoms with Gasteiger partial charge in [-0.1, -0.05) is 12.1 Å². The van der Waals surface area contributed by atoms with Gasteiger partial charge in [0.15, 0.2) is 0 Å². The molecule has 2 nitrogen and oxygen atoms in total. The Morgan fingerprint density at radius 1 is 0.688 bits per heavy atom. The topological polar surface area (TPSA) is 53.7 Å². The van der Waals surface area contributed by atoms with Gasteiger partial charge in [-0.05, 0) is 47.5 Å². The molecule has 0 fully saturated rings. The molecule has 0 aromatic heterocycles. The van der Waals surface area contributed by atoms with Gasteiger partial charge in [0.2, 0.25) is 0 Å². The lowest BCUT2D eigenvalue weighted by molar-refractivity contribution is -0.254.